The largest absolute Gasteiger partial charge is 0.347 e. The van der Waals surface area contributed by atoms with E-state index in [-0.39, 0.29) is 10.8 Å². The maximum atomic E-state index is 12.3. The summed E-state index contributed by atoms with van der Waals surface area (Å²) in [6.07, 6.45) is 0. The van der Waals surface area contributed by atoms with Crippen LogP contribution in [0.3, 0.4) is 0 Å². The lowest BCUT2D eigenvalue weighted by Crippen LogP contribution is -2.26. The molecule has 2 rings (SSSR count). The summed E-state index contributed by atoms with van der Waals surface area (Å²) in [5.41, 5.74) is 0. The van der Waals surface area contributed by atoms with Crippen LogP contribution in [-0.4, -0.2) is 51.6 Å². The minimum Gasteiger partial charge on any atom is -0.347 e. The molecule has 0 radical (unpaired) electrons. The number of thiophene rings is 1. The minimum atomic E-state index is -3.56. The Kier molecular flexibility index (Phi) is 5.17. The third-order valence-electron chi connectivity index (χ3n) is 2.86. The van der Waals surface area contributed by atoms with E-state index < -0.39 is 10.0 Å². The van der Waals surface area contributed by atoms with Gasteiger partial charge in [0.05, 0.1) is 6.54 Å². The second-order valence-corrected chi connectivity index (χ2v) is 8.61. The van der Waals surface area contributed by atoms with Crippen molar-refractivity contribution >= 4 is 33.3 Å². The summed E-state index contributed by atoms with van der Waals surface area (Å²) in [5, 5.41) is 0. The Balaban J connectivity index is 2.23. The predicted molar refractivity (Wildman–Crippen MR) is 91.6 cm³/mol. The molecule has 126 valence electrons. The molecule has 1 N–H and O–H groups in total. The van der Waals surface area contributed by atoms with E-state index >= 15 is 0 Å². The number of nitrogens with zero attached hydrogens (tertiary/aromatic N) is 5. The van der Waals surface area contributed by atoms with Crippen LogP contribution >= 0.6 is 11.3 Å². The zero-order valence-electron chi connectivity index (χ0n) is 13.7. The van der Waals surface area contributed by atoms with Crippen LogP contribution in [0.15, 0.2) is 16.3 Å². The molecule has 0 amide bonds. The van der Waals surface area contributed by atoms with Crippen LogP contribution in [0.2, 0.25) is 0 Å². The zero-order valence-corrected chi connectivity index (χ0v) is 15.4. The molecule has 0 atom stereocenters. The van der Waals surface area contributed by atoms with Crippen molar-refractivity contribution in [3.05, 3.63) is 22.8 Å². The number of nitrogens with one attached hydrogen (secondary N) is 1. The molecule has 0 unspecified atom stereocenters. The third-order valence-corrected chi connectivity index (χ3v) is 5.75. The number of anilines is 2. The molecule has 10 heteroatoms. The lowest BCUT2D eigenvalue weighted by molar-refractivity contribution is 0.581. The molecule has 0 fully saturated rings. The molecule has 8 nitrogen and oxygen atoms in total. The van der Waals surface area contributed by atoms with Gasteiger partial charge in [-0.2, -0.15) is 15.0 Å². The second kappa shape index (κ2) is 6.77. The van der Waals surface area contributed by atoms with Crippen LogP contribution in [-0.2, 0) is 16.6 Å². The van der Waals surface area contributed by atoms with Gasteiger partial charge in [-0.05, 0) is 19.1 Å². The second-order valence-electron chi connectivity index (χ2n) is 5.33. The number of aryl methyl sites for hydroxylation is 1. The topological polar surface area (TPSA) is 91.3 Å². The van der Waals surface area contributed by atoms with Crippen LogP contribution in [0.5, 0.6) is 0 Å². The van der Waals surface area contributed by atoms with Crippen molar-refractivity contribution in [2.75, 3.05) is 38.0 Å². The van der Waals surface area contributed by atoms with Crippen LogP contribution in [0.25, 0.3) is 0 Å². The van der Waals surface area contributed by atoms with Gasteiger partial charge in [0, 0.05) is 33.1 Å². The van der Waals surface area contributed by atoms with Gasteiger partial charge in [-0.15, -0.1) is 11.3 Å². The predicted octanol–water partition coefficient (Wildman–Crippen LogP) is 0.852. The molecular weight excluding hydrogens is 336 g/mol. The highest BCUT2D eigenvalue weighted by atomic mass is 32.2. The van der Waals surface area contributed by atoms with Gasteiger partial charge in [0.2, 0.25) is 21.9 Å². The number of hydrogen-bond donors (Lipinski definition) is 1. The Labute approximate surface area is 140 Å². The van der Waals surface area contributed by atoms with Gasteiger partial charge in [-0.25, -0.2) is 13.1 Å². The summed E-state index contributed by atoms with van der Waals surface area (Å²) in [4.78, 5) is 17.3. The average Bonchev–Trinajstić information content (AvgIpc) is 2.92. The molecule has 0 bridgehead atoms. The molecular formula is C13H20N6O2S2. The summed E-state index contributed by atoms with van der Waals surface area (Å²) in [7, 11) is 3.70. The van der Waals surface area contributed by atoms with Gasteiger partial charge in [0.15, 0.2) is 5.82 Å². The van der Waals surface area contributed by atoms with E-state index in [1.165, 1.54) is 11.3 Å². The van der Waals surface area contributed by atoms with E-state index in [9.17, 15) is 8.42 Å². The van der Waals surface area contributed by atoms with E-state index in [1.54, 1.807) is 21.9 Å². The van der Waals surface area contributed by atoms with Crippen LogP contribution in [0.4, 0.5) is 11.9 Å². The van der Waals surface area contributed by atoms with Crippen LogP contribution < -0.4 is 14.5 Å². The van der Waals surface area contributed by atoms with Gasteiger partial charge in [0.25, 0.3) is 0 Å². The highest BCUT2D eigenvalue weighted by Gasteiger charge is 2.17. The van der Waals surface area contributed by atoms with Gasteiger partial charge >= 0.3 is 0 Å². The quantitative estimate of drug-likeness (QED) is 0.820. The highest BCUT2D eigenvalue weighted by Crippen LogP contribution is 2.20. The van der Waals surface area contributed by atoms with Crippen molar-refractivity contribution in [2.45, 2.75) is 17.7 Å². The van der Waals surface area contributed by atoms with Crippen LogP contribution in [0.1, 0.15) is 10.7 Å². The van der Waals surface area contributed by atoms with Gasteiger partial charge in [-0.1, -0.05) is 0 Å². The van der Waals surface area contributed by atoms with Crippen molar-refractivity contribution in [2.24, 2.45) is 0 Å². The summed E-state index contributed by atoms with van der Waals surface area (Å²) in [6, 6.07) is 3.36. The fourth-order valence-corrected chi connectivity index (χ4v) is 3.97. The monoisotopic (exact) mass is 356 g/mol. The fourth-order valence-electron chi connectivity index (χ4n) is 1.66. The molecule has 23 heavy (non-hydrogen) atoms. The minimum absolute atomic E-state index is 0.00345. The Morgan fingerprint density at radius 3 is 2.04 bits per heavy atom. The van der Waals surface area contributed by atoms with E-state index in [1.807, 2.05) is 35.1 Å². The van der Waals surface area contributed by atoms with Crippen molar-refractivity contribution in [3.8, 4) is 0 Å². The molecule has 0 aliphatic rings. The van der Waals surface area contributed by atoms with Crippen LogP contribution in [0, 0.1) is 6.92 Å². The first-order valence-electron chi connectivity index (χ1n) is 6.85. The van der Waals surface area contributed by atoms with E-state index in [4.69, 9.17) is 0 Å². The summed E-state index contributed by atoms with van der Waals surface area (Å²) >= 11 is 1.23. The molecule has 2 aromatic heterocycles. The number of hydrogen-bond acceptors (Lipinski definition) is 8. The first-order valence-corrected chi connectivity index (χ1v) is 9.14. The zero-order chi connectivity index (χ0) is 17.2. The molecule has 0 saturated carbocycles. The van der Waals surface area contributed by atoms with E-state index in [0.29, 0.717) is 17.7 Å². The van der Waals surface area contributed by atoms with Gasteiger partial charge in [-0.3, -0.25) is 0 Å². The number of sulfonamides is 1. The average molecular weight is 356 g/mol. The van der Waals surface area contributed by atoms with Crippen molar-refractivity contribution in [1.29, 1.82) is 0 Å². The molecule has 0 spiro atoms. The third kappa shape index (κ3) is 4.36. The summed E-state index contributed by atoms with van der Waals surface area (Å²) in [5.74, 6) is 1.32. The Morgan fingerprint density at radius 1 is 1.04 bits per heavy atom. The smallest absolute Gasteiger partial charge is 0.250 e. The maximum Gasteiger partial charge on any atom is 0.250 e. The summed E-state index contributed by atoms with van der Waals surface area (Å²) in [6.45, 7) is 1.87. The Bertz CT molecular complexity index is 759. The van der Waals surface area contributed by atoms with Crippen molar-refractivity contribution in [3.63, 3.8) is 0 Å². The molecule has 0 aromatic carbocycles. The van der Waals surface area contributed by atoms with Crippen molar-refractivity contribution < 1.29 is 8.42 Å². The SMILES string of the molecule is Cc1ccc(S(=O)(=O)NCc2nc(N(C)C)nc(N(C)C)n2)s1. The Morgan fingerprint density at radius 2 is 1.61 bits per heavy atom. The van der Waals surface area contributed by atoms with Gasteiger partial charge < -0.3 is 9.80 Å². The molecule has 0 saturated heterocycles. The highest BCUT2D eigenvalue weighted by molar-refractivity contribution is 7.91. The van der Waals surface area contributed by atoms with E-state index in [2.05, 4.69) is 19.7 Å². The molecule has 0 aliphatic heterocycles. The number of aromatic nitrogens is 3. The lowest BCUT2D eigenvalue weighted by atomic mass is 10.5. The van der Waals surface area contributed by atoms with E-state index in [0.717, 1.165) is 4.88 Å². The Hall–Kier alpha value is -1.78. The first kappa shape index (κ1) is 17.6. The van der Waals surface area contributed by atoms with Gasteiger partial charge in [0.1, 0.15) is 4.21 Å². The van der Waals surface area contributed by atoms with Crippen molar-refractivity contribution in [1.82, 2.24) is 19.7 Å². The maximum absolute atomic E-state index is 12.3. The number of rotatable bonds is 6. The lowest BCUT2D eigenvalue weighted by Gasteiger charge is -2.16. The fraction of sp³-hybridized carbons (Fsp3) is 0.462. The molecule has 0 aliphatic carbocycles. The molecule has 2 heterocycles. The standard InChI is InChI=1S/C13H20N6O2S2/c1-9-6-7-11(22-9)23(20,21)14-8-10-15-12(18(2)3)17-13(16-10)19(4)5/h6-7,14H,8H2,1-5H3. The first-order chi connectivity index (χ1) is 10.7. The molecule has 2 aromatic rings. The normalized spacial score (nSPS) is 11.5. The summed E-state index contributed by atoms with van der Waals surface area (Å²) < 4.78 is 27.3.